The van der Waals surface area contributed by atoms with Gasteiger partial charge in [0.25, 0.3) is 0 Å². The summed E-state index contributed by atoms with van der Waals surface area (Å²) in [5.74, 6) is 0. The minimum absolute atomic E-state index is 0.147. The van der Waals surface area contributed by atoms with E-state index in [0.717, 1.165) is 11.2 Å². The highest BCUT2D eigenvalue weighted by Gasteiger charge is 2.18. The summed E-state index contributed by atoms with van der Waals surface area (Å²) in [6, 6.07) is 8.49. The van der Waals surface area contributed by atoms with E-state index >= 15 is 0 Å². The molecule has 0 saturated heterocycles. The van der Waals surface area contributed by atoms with Gasteiger partial charge in [-0.05, 0) is 13.1 Å². The molecule has 2 N–H and O–H groups in total. The molecule has 92 valence electrons. The van der Waals surface area contributed by atoms with Gasteiger partial charge in [-0.25, -0.2) is 4.98 Å². The Hall–Kier alpha value is -2.07. The van der Waals surface area contributed by atoms with E-state index in [1.807, 2.05) is 37.3 Å². The first-order chi connectivity index (χ1) is 8.81. The fourth-order valence-corrected chi connectivity index (χ4v) is 2.44. The molecule has 2 heterocycles. The molecule has 4 nitrogen and oxygen atoms in total. The average Bonchev–Trinajstić information content (AvgIpc) is 2.99. The smallest absolute Gasteiger partial charge is 0.0946 e. The maximum atomic E-state index is 4.19. The molecule has 3 aromatic rings. The molecule has 0 spiro atoms. The zero-order valence-electron chi connectivity index (χ0n) is 10.5. The predicted octanol–water partition coefficient (Wildman–Crippen LogP) is 2.21. The van der Waals surface area contributed by atoms with Gasteiger partial charge in [0.15, 0.2) is 0 Å². The summed E-state index contributed by atoms with van der Waals surface area (Å²) in [7, 11) is 3.99. The summed E-state index contributed by atoms with van der Waals surface area (Å²) < 4.78 is 2.04. The number of hydrogen-bond donors (Lipinski definition) is 2. The Morgan fingerprint density at radius 2 is 2.17 bits per heavy atom. The number of H-pyrrole nitrogens is 1. The first-order valence-corrected chi connectivity index (χ1v) is 6.00. The molecule has 0 aliphatic rings. The maximum Gasteiger partial charge on any atom is 0.0946 e. The summed E-state index contributed by atoms with van der Waals surface area (Å²) in [5.41, 5.74) is 3.56. The van der Waals surface area contributed by atoms with Crippen molar-refractivity contribution in [3.05, 3.63) is 54.2 Å². The zero-order valence-corrected chi connectivity index (χ0v) is 10.5. The predicted molar refractivity (Wildman–Crippen MR) is 72.4 cm³/mol. The van der Waals surface area contributed by atoms with E-state index in [2.05, 4.69) is 39.7 Å². The fourth-order valence-electron chi connectivity index (χ4n) is 2.44. The van der Waals surface area contributed by atoms with Gasteiger partial charge >= 0.3 is 0 Å². The molecule has 1 unspecified atom stereocenters. The van der Waals surface area contributed by atoms with E-state index in [0.29, 0.717) is 0 Å². The van der Waals surface area contributed by atoms with Crippen LogP contribution >= 0.6 is 0 Å². The van der Waals surface area contributed by atoms with Crippen LogP contribution in [0.25, 0.3) is 10.9 Å². The highest BCUT2D eigenvalue weighted by Crippen LogP contribution is 2.28. The molecule has 4 heteroatoms. The Morgan fingerprint density at radius 3 is 2.89 bits per heavy atom. The number of nitrogens with one attached hydrogen (secondary N) is 2. The van der Waals surface area contributed by atoms with Crippen molar-refractivity contribution in [2.45, 2.75) is 6.04 Å². The second-order valence-corrected chi connectivity index (χ2v) is 4.44. The number of aromatic nitrogens is 3. The molecule has 1 aromatic carbocycles. The van der Waals surface area contributed by atoms with Gasteiger partial charge in [-0.15, -0.1) is 0 Å². The average molecular weight is 240 g/mol. The lowest BCUT2D eigenvalue weighted by atomic mass is 10.0. The van der Waals surface area contributed by atoms with E-state index < -0.39 is 0 Å². The molecule has 0 saturated carbocycles. The van der Waals surface area contributed by atoms with E-state index in [-0.39, 0.29) is 6.04 Å². The molecule has 1 atom stereocenters. The number of hydrogen-bond acceptors (Lipinski definition) is 2. The number of nitrogens with zero attached hydrogens (tertiary/aromatic N) is 2. The van der Waals surface area contributed by atoms with Crippen molar-refractivity contribution in [3.8, 4) is 0 Å². The molecular weight excluding hydrogens is 224 g/mol. The Labute approximate surface area is 106 Å². The Bertz CT molecular complexity index is 665. The summed E-state index contributed by atoms with van der Waals surface area (Å²) in [5, 5.41) is 4.61. The number of aromatic amines is 1. The van der Waals surface area contributed by atoms with Crippen molar-refractivity contribution in [2.75, 3.05) is 7.05 Å². The van der Waals surface area contributed by atoms with Crippen molar-refractivity contribution < 1.29 is 0 Å². The van der Waals surface area contributed by atoms with Crippen molar-refractivity contribution in [2.24, 2.45) is 7.05 Å². The summed E-state index contributed by atoms with van der Waals surface area (Å²) >= 11 is 0. The number of imidazole rings is 1. The third kappa shape index (κ3) is 1.62. The third-order valence-electron chi connectivity index (χ3n) is 3.37. The lowest BCUT2D eigenvalue weighted by Gasteiger charge is -2.16. The number of benzene rings is 1. The van der Waals surface area contributed by atoms with Gasteiger partial charge < -0.3 is 14.9 Å². The van der Waals surface area contributed by atoms with Gasteiger partial charge in [-0.2, -0.15) is 0 Å². The molecule has 18 heavy (non-hydrogen) atoms. The molecule has 0 bridgehead atoms. The summed E-state index contributed by atoms with van der Waals surface area (Å²) in [6.45, 7) is 0. The minimum Gasteiger partial charge on any atom is -0.361 e. The lowest BCUT2D eigenvalue weighted by molar-refractivity contribution is 0.642. The minimum atomic E-state index is 0.147. The van der Waals surface area contributed by atoms with Crippen LogP contribution in [-0.4, -0.2) is 21.6 Å². The van der Waals surface area contributed by atoms with E-state index in [1.54, 1.807) is 0 Å². The molecule has 0 radical (unpaired) electrons. The van der Waals surface area contributed by atoms with Crippen molar-refractivity contribution >= 4 is 10.9 Å². The van der Waals surface area contributed by atoms with Crippen LogP contribution < -0.4 is 5.32 Å². The third-order valence-corrected chi connectivity index (χ3v) is 3.37. The van der Waals surface area contributed by atoms with Crippen molar-refractivity contribution in [1.82, 2.24) is 19.9 Å². The van der Waals surface area contributed by atoms with E-state index in [1.165, 1.54) is 10.9 Å². The van der Waals surface area contributed by atoms with Crippen LogP contribution in [0.1, 0.15) is 17.3 Å². The zero-order chi connectivity index (χ0) is 12.5. The van der Waals surface area contributed by atoms with Gasteiger partial charge in [-0.1, -0.05) is 18.2 Å². The highest BCUT2D eigenvalue weighted by molar-refractivity contribution is 5.83. The quantitative estimate of drug-likeness (QED) is 0.737. The van der Waals surface area contributed by atoms with Gasteiger partial charge in [0, 0.05) is 29.7 Å². The molecule has 0 aliphatic heterocycles. The number of aryl methyl sites for hydroxylation is 1. The number of rotatable bonds is 3. The first-order valence-electron chi connectivity index (χ1n) is 6.00. The van der Waals surface area contributed by atoms with Crippen LogP contribution in [0.15, 0.2) is 43.0 Å². The van der Waals surface area contributed by atoms with Gasteiger partial charge in [0.1, 0.15) is 0 Å². The highest BCUT2D eigenvalue weighted by atomic mass is 15.1. The molecular formula is C14H16N4. The normalized spacial score (nSPS) is 13.0. The second-order valence-electron chi connectivity index (χ2n) is 4.44. The SMILES string of the molecule is CNC(c1c[nH]c2ccccc12)c1cncn1C. The molecule has 0 amide bonds. The van der Waals surface area contributed by atoms with Gasteiger partial charge in [0.2, 0.25) is 0 Å². The largest absolute Gasteiger partial charge is 0.361 e. The van der Waals surface area contributed by atoms with Crippen molar-refractivity contribution in [1.29, 1.82) is 0 Å². The van der Waals surface area contributed by atoms with Crippen LogP contribution in [0.2, 0.25) is 0 Å². The molecule has 3 rings (SSSR count). The summed E-state index contributed by atoms with van der Waals surface area (Å²) in [4.78, 5) is 7.51. The Morgan fingerprint density at radius 1 is 1.33 bits per heavy atom. The van der Waals surface area contributed by atoms with Crippen molar-refractivity contribution in [3.63, 3.8) is 0 Å². The maximum absolute atomic E-state index is 4.19. The van der Waals surface area contributed by atoms with E-state index in [9.17, 15) is 0 Å². The number of fused-ring (bicyclic) bond motifs is 1. The standard InChI is InChI=1S/C14H16N4/c1-15-14(13-8-16-9-18(13)2)11-7-17-12-6-4-3-5-10(11)12/h3-9,14-15,17H,1-2H3. The van der Waals surface area contributed by atoms with E-state index in [4.69, 9.17) is 0 Å². The van der Waals surface area contributed by atoms with Crippen LogP contribution in [-0.2, 0) is 7.05 Å². The Balaban J connectivity index is 2.15. The Kier molecular flexibility index (Phi) is 2.64. The lowest BCUT2D eigenvalue weighted by Crippen LogP contribution is -2.19. The fraction of sp³-hybridized carbons (Fsp3) is 0.214. The molecule has 0 aliphatic carbocycles. The molecule has 0 fully saturated rings. The topological polar surface area (TPSA) is 45.6 Å². The first kappa shape index (κ1) is 11.0. The van der Waals surface area contributed by atoms with Crippen LogP contribution in [0.4, 0.5) is 0 Å². The second kappa shape index (κ2) is 4.31. The van der Waals surface area contributed by atoms with Gasteiger partial charge in [-0.3, -0.25) is 0 Å². The van der Waals surface area contributed by atoms with Crippen LogP contribution in [0.3, 0.4) is 0 Å². The van der Waals surface area contributed by atoms with Crippen LogP contribution in [0.5, 0.6) is 0 Å². The summed E-state index contributed by atoms with van der Waals surface area (Å²) in [6.07, 6.45) is 5.80. The molecule has 2 aromatic heterocycles. The monoisotopic (exact) mass is 240 g/mol. The van der Waals surface area contributed by atoms with Gasteiger partial charge in [0.05, 0.1) is 24.3 Å². The van der Waals surface area contributed by atoms with Crippen LogP contribution in [0, 0.1) is 0 Å². The number of para-hydroxylation sites is 1.